The molecule has 6 nitrogen and oxygen atoms in total. The Kier molecular flexibility index (Phi) is 3.59. The number of alkyl halides is 3. The molecule has 0 aliphatic carbocycles. The van der Waals surface area contributed by atoms with E-state index in [1.54, 1.807) is 0 Å². The first-order chi connectivity index (χ1) is 9.33. The molecule has 1 aromatic heterocycles. The normalized spacial score (nSPS) is 11.3. The van der Waals surface area contributed by atoms with E-state index in [1.165, 1.54) is 23.1 Å². The molecule has 0 fully saturated rings. The summed E-state index contributed by atoms with van der Waals surface area (Å²) in [7, 11) is 0. The van der Waals surface area contributed by atoms with Crippen LogP contribution in [0.1, 0.15) is 16.2 Å². The van der Waals surface area contributed by atoms with Gasteiger partial charge in [-0.25, -0.2) is 14.5 Å². The first-order valence-corrected chi connectivity index (χ1v) is 5.31. The van der Waals surface area contributed by atoms with E-state index in [9.17, 15) is 18.0 Å². The van der Waals surface area contributed by atoms with E-state index in [4.69, 9.17) is 5.11 Å². The fourth-order valence-corrected chi connectivity index (χ4v) is 1.45. The molecule has 106 valence electrons. The number of carbonyl (C=O) groups is 1. The van der Waals surface area contributed by atoms with E-state index in [-0.39, 0.29) is 18.1 Å². The number of hydrogen-bond donors (Lipinski definition) is 1. The molecule has 0 atom stereocenters. The third-order valence-corrected chi connectivity index (χ3v) is 2.23. The third-order valence-electron chi connectivity index (χ3n) is 2.23. The van der Waals surface area contributed by atoms with E-state index in [2.05, 4.69) is 14.8 Å². The van der Waals surface area contributed by atoms with Crippen LogP contribution in [-0.2, 0) is 6.54 Å². The molecule has 2 aromatic rings. The van der Waals surface area contributed by atoms with Crippen LogP contribution in [0.5, 0.6) is 5.75 Å². The molecule has 0 saturated heterocycles. The van der Waals surface area contributed by atoms with Crippen molar-refractivity contribution in [1.82, 2.24) is 14.8 Å². The minimum Gasteiger partial charge on any atom is -0.475 e. The summed E-state index contributed by atoms with van der Waals surface area (Å²) in [6.45, 7) is 0.187. The van der Waals surface area contributed by atoms with Gasteiger partial charge in [0.25, 0.3) is 5.82 Å². The quantitative estimate of drug-likeness (QED) is 0.929. The van der Waals surface area contributed by atoms with Crippen molar-refractivity contribution in [3.8, 4) is 5.75 Å². The van der Waals surface area contributed by atoms with E-state index < -0.39 is 12.3 Å². The predicted molar refractivity (Wildman–Crippen MR) is 59.2 cm³/mol. The molecule has 0 aliphatic heterocycles. The molecule has 2 rings (SSSR count). The van der Waals surface area contributed by atoms with Gasteiger partial charge in [0.05, 0.1) is 6.54 Å². The zero-order chi connectivity index (χ0) is 14.8. The Morgan fingerprint density at radius 2 is 1.95 bits per heavy atom. The van der Waals surface area contributed by atoms with Gasteiger partial charge in [-0.05, 0) is 17.7 Å². The SMILES string of the molecule is O=C(O)c1ncn(Cc2ccc(OC(F)(F)F)cc2)n1. The van der Waals surface area contributed by atoms with Crippen molar-refractivity contribution in [1.29, 1.82) is 0 Å². The highest BCUT2D eigenvalue weighted by Crippen LogP contribution is 2.22. The topological polar surface area (TPSA) is 77.2 Å². The number of ether oxygens (including phenoxy) is 1. The first-order valence-electron chi connectivity index (χ1n) is 5.31. The highest BCUT2D eigenvalue weighted by atomic mass is 19.4. The number of aromatic nitrogens is 3. The lowest BCUT2D eigenvalue weighted by atomic mass is 10.2. The van der Waals surface area contributed by atoms with Crippen molar-refractivity contribution in [2.24, 2.45) is 0 Å². The van der Waals surface area contributed by atoms with Crippen LogP contribution >= 0.6 is 0 Å². The smallest absolute Gasteiger partial charge is 0.475 e. The third kappa shape index (κ3) is 3.70. The number of rotatable bonds is 4. The average Bonchev–Trinajstić information content (AvgIpc) is 2.78. The van der Waals surface area contributed by atoms with Crippen LogP contribution in [0.2, 0.25) is 0 Å². The van der Waals surface area contributed by atoms with E-state index in [1.807, 2.05) is 0 Å². The fraction of sp³-hybridized carbons (Fsp3) is 0.182. The van der Waals surface area contributed by atoms with Crippen molar-refractivity contribution in [3.05, 3.63) is 42.0 Å². The summed E-state index contributed by atoms with van der Waals surface area (Å²) in [6, 6.07) is 5.17. The highest BCUT2D eigenvalue weighted by Gasteiger charge is 2.30. The second-order valence-corrected chi connectivity index (χ2v) is 3.76. The van der Waals surface area contributed by atoms with Gasteiger partial charge in [-0.1, -0.05) is 12.1 Å². The van der Waals surface area contributed by atoms with Gasteiger partial charge in [-0.3, -0.25) is 0 Å². The average molecular weight is 287 g/mol. The Hall–Kier alpha value is -2.58. The van der Waals surface area contributed by atoms with Crippen LogP contribution in [0, 0.1) is 0 Å². The van der Waals surface area contributed by atoms with E-state index >= 15 is 0 Å². The second-order valence-electron chi connectivity index (χ2n) is 3.76. The van der Waals surface area contributed by atoms with E-state index in [0.717, 1.165) is 12.1 Å². The van der Waals surface area contributed by atoms with Crippen molar-refractivity contribution < 1.29 is 27.8 Å². The molecule has 0 bridgehead atoms. The molecule has 0 amide bonds. The lowest BCUT2D eigenvalue weighted by Crippen LogP contribution is -2.17. The van der Waals surface area contributed by atoms with Gasteiger partial charge in [0, 0.05) is 0 Å². The molecule has 0 spiro atoms. The molecular formula is C11H8F3N3O3. The van der Waals surface area contributed by atoms with Gasteiger partial charge in [0.2, 0.25) is 0 Å². The Morgan fingerprint density at radius 3 is 2.45 bits per heavy atom. The van der Waals surface area contributed by atoms with Crippen LogP contribution in [0.15, 0.2) is 30.6 Å². The molecule has 1 aromatic carbocycles. The number of aromatic carboxylic acids is 1. The molecule has 1 N–H and O–H groups in total. The number of benzene rings is 1. The molecule has 0 saturated carbocycles. The summed E-state index contributed by atoms with van der Waals surface area (Å²) >= 11 is 0. The number of nitrogens with zero attached hydrogens (tertiary/aromatic N) is 3. The van der Waals surface area contributed by atoms with Crippen molar-refractivity contribution >= 4 is 5.97 Å². The Labute approximate surface area is 110 Å². The Morgan fingerprint density at radius 1 is 1.30 bits per heavy atom. The maximum atomic E-state index is 12.0. The summed E-state index contributed by atoms with van der Waals surface area (Å²) in [6.07, 6.45) is -3.51. The molecule has 0 radical (unpaired) electrons. The first kappa shape index (κ1) is 13.8. The van der Waals surface area contributed by atoms with Crippen molar-refractivity contribution in [2.75, 3.05) is 0 Å². The van der Waals surface area contributed by atoms with Gasteiger partial charge in [-0.15, -0.1) is 18.3 Å². The fourth-order valence-electron chi connectivity index (χ4n) is 1.45. The van der Waals surface area contributed by atoms with E-state index in [0.29, 0.717) is 5.56 Å². The number of halogens is 3. The second kappa shape index (κ2) is 5.19. The Bertz CT molecular complexity index is 607. The number of hydrogen-bond acceptors (Lipinski definition) is 4. The molecule has 1 heterocycles. The summed E-state index contributed by atoms with van der Waals surface area (Å²) in [4.78, 5) is 14.1. The highest BCUT2D eigenvalue weighted by molar-refractivity contribution is 5.82. The monoisotopic (exact) mass is 287 g/mol. The van der Waals surface area contributed by atoms with Crippen LogP contribution < -0.4 is 4.74 Å². The molecule has 20 heavy (non-hydrogen) atoms. The number of carboxylic acid groups (broad SMARTS) is 1. The summed E-state index contributed by atoms with van der Waals surface area (Å²) < 4.78 is 40.9. The maximum Gasteiger partial charge on any atom is 0.573 e. The summed E-state index contributed by atoms with van der Waals surface area (Å²) in [5.74, 6) is -1.93. The van der Waals surface area contributed by atoms with Crippen LogP contribution in [0.3, 0.4) is 0 Å². The predicted octanol–water partition coefficient (Wildman–Crippen LogP) is 1.92. The summed E-state index contributed by atoms with van der Waals surface area (Å²) in [5, 5.41) is 12.3. The van der Waals surface area contributed by atoms with Crippen LogP contribution in [0.4, 0.5) is 13.2 Å². The zero-order valence-corrected chi connectivity index (χ0v) is 9.83. The Balaban J connectivity index is 2.04. The lowest BCUT2D eigenvalue weighted by molar-refractivity contribution is -0.274. The van der Waals surface area contributed by atoms with Gasteiger partial charge >= 0.3 is 12.3 Å². The molecular weight excluding hydrogens is 279 g/mol. The molecule has 9 heteroatoms. The maximum absolute atomic E-state index is 12.0. The molecule has 0 aliphatic rings. The van der Waals surface area contributed by atoms with Gasteiger partial charge in [-0.2, -0.15) is 0 Å². The van der Waals surface area contributed by atoms with Crippen molar-refractivity contribution in [3.63, 3.8) is 0 Å². The van der Waals surface area contributed by atoms with Crippen LogP contribution in [-0.4, -0.2) is 32.2 Å². The van der Waals surface area contributed by atoms with Crippen LogP contribution in [0.25, 0.3) is 0 Å². The lowest BCUT2D eigenvalue weighted by Gasteiger charge is -2.09. The minimum atomic E-state index is -4.73. The minimum absolute atomic E-state index is 0.187. The standard InChI is InChI=1S/C11H8F3N3O3/c12-11(13,14)20-8-3-1-7(2-4-8)5-17-6-15-9(16-17)10(18)19/h1-4,6H,5H2,(H,18,19). The van der Waals surface area contributed by atoms with Gasteiger partial charge < -0.3 is 9.84 Å². The largest absolute Gasteiger partial charge is 0.573 e. The summed E-state index contributed by atoms with van der Waals surface area (Å²) in [5.41, 5.74) is 0.626. The van der Waals surface area contributed by atoms with Gasteiger partial charge in [0.1, 0.15) is 12.1 Å². The van der Waals surface area contributed by atoms with Gasteiger partial charge in [0.15, 0.2) is 0 Å². The molecule has 0 unspecified atom stereocenters. The van der Waals surface area contributed by atoms with Crippen molar-refractivity contribution in [2.45, 2.75) is 12.9 Å². The zero-order valence-electron chi connectivity index (χ0n) is 9.83. The number of carboxylic acids is 1.